The average Bonchev–Trinajstić information content (AvgIpc) is 2.02. The molecule has 0 saturated carbocycles. The highest BCUT2D eigenvalue weighted by atomic mass is 32.2. The van der Waals surface area contributed by atoms with Crippen molar-refractivity contribution in [3.8, 4) is 0 Å². The predicted molar refractivity (Wildman–Crippen MR) is 55.5 cm³/mol. The van der Waals surface area contributed by atoms with E-state index in [1.54, 1.807) is 7.05 Å². The maximum Gasteiger partial charge on any atom is 0.234 e. The highest BCUT2D eigenvalue weighted by Gasteiger charge is 2.23. The molecule has 0 aromatic carbocycles. The van der Waals surface area contributed by atoms with Crippen LogP contribution < -0.4 is 10.0 Å². The second kappa shape index (κ2) is 5.70. The average molecular weight is 208 g/mol. The molecule has 1 unspecified atom stereocenters. The normalized spacial score (nSPS) is 17.0. The summed E-state index contributed by atoms with van der Waals surface area (Å²) < 4.78 is 18.5. The van der Waals surface area contributed by atoms with Gasteiger partial charge in [-0.05, 0) is 19.5 Å². The molecule has 13 heavy (non-hydrogen) atoms. The zero-order valence-corrected chi connectivity index (χ0v) is 9.83. The third-order valence-electron chi connectivity index (χ3n) is 1.90. The van der Waals surface area contributed by atoms with Gasteiger partial charge >= 0.3 is 0 Å². The van der Waals surface area contributed by atoms with Crippen molar-refractivity contribution in [3.05, 3.63) is 0 Å². The van der Waals surface area contributed by atoms with Crippen molar-refractivity contribution in [2.75, 3.05) is 20.7 Å². The van der Waals surface area contributed by atoms with Crippen LogP contribution in [0.4, 0.5) is 0 Å². The van der Waals surface area contributed by atoms with Gasteiger partial charge in [-0.1, -0.05) is 20.8 Å². The zero-order valence-electron chi connectivity index (χ0n) is 9.01. The summed E-state index contributed by atoms with van der Waals surface area (Å²) in [6.45, 7) is 6.77. The minimum absolute atomic E-state index is 0.104. The molecule has 0 aliphatic carbocycles. The number of hydrogen-bond donors (Lipinski definition) is 2. The summed E-state index contributed by atoms with van der Waals surface area (Å²) in [6, 6.07) is 0.199. The molecule has 5 heteroatoms. The van der Waals surface area contributed by atoms with Gasteiger partial charge < -0.3 is 5.32 Å². The number of nitrogens with one attached hydrogen (secondary N) is 2. The predicted octanol–water partition coefficient (Wildman–Crippen LogP) is 0.435. The van der Waals surface area contributed by atoms with Crippen LogP contribution >= 0.6 is 0 Å². The molecule has 4 nitrogen and oxygen atoms in total. The van der Waals surface area contributed by atoms with E-state index >= 15 is 0 Å². The monoisotopic (exact) mass is 208 g/mol. The highest BCUT2D eigenvalue weighted by molar-refractivity contribution is 7.78. The van der Waals surface area contributed by atoms with Gasteiger partial charge in [-0.15, -0.1) is 0 Å². The fourth-order valence-electron chi connectivity index (χ4n) is 0.955. The molecule has 2 atom stereocenters. The standard InChI is InChI=1S/C8H20N2O2S/c1-8(2,3)7(9-4)6-12-13(11)10-5/h7,9-10H,6H2,1-5H3/t7-,13?/m1/s1. The lowest BCUT2D eigenvalue weighted by Crippen LogP contribution is -2.42. The Labute approximate surface area is 83.2 Å². The minimum atomic E-state index is -1.37. The van der Waals surface area contributed by atoms with Gasteiger partial charge in [0.05, 0.1) is 6.61 Å². The van der Waals surface area contributed by atoms with Crippen LogP contribution in [0.15, 0.2) is 0 Å². The first-order valence-corrected chi connectivity index (χ1v) is 5.39. The van der Waals surface area contributed by atoms with Crippen molar-refractivity contribution in [3.63, 3.8) is 0 Å². The first kappa shape index (κ1) is 13.0. The van der Waals surface area contributed by atoms with E-state index < -0.39 is 11.3 Å². The van der Waals surface area contributed by atoms with E-state index in [4.69, 9.17) is 4.18 Å². The first-order chi connectivity index (χ1) is 5.91. The molecule has 0 aliphatic rings. The second-order valence-electron chi connectivity index (χ2n) is 3.93. The Balaban J connectivity index is 3.93. The van der Waals surface area contributed by atoms with Gasteiger partial charge in [0.2, 0.25) is 11.3 Å². The summed E-state index contributed by atoms with van der Waals surface area (Å²) in [6.07, 6.45) is 0. The quantitative estimate of drug-likeness (QED) is 0.689. The fourth-order valence-corrected chi connectivity index (χ4v) is 1.33. The third kappa shape index (κ3) is 5.36. The molecule has 0 saturated heterocycles. The lowest BCUT2D eigenvalue weighted by Gasteiger charge is -2.29. The Morgan fingerprint density at radius 2 is 1.92 bits per heavy atom. The van der Waals surface area contributed by atoms with Crippen LogP contribution in [0, 0.1) is 5.41 Å². The van der Waals surface area contributed by atoms with E-state index in [-0.39, 0.29) is 11.5 Å². The summed E-state index contributed by atoms with van der Waals surface area (Å²) in [5.41, 5.74) is 0.104. The van der Waals surface area contributed by atoms with Gasteiger partial charge in [0.25, 0.3) is 0 Å². The van der Waals surface area contributed by atoms with E-state index in [1.807, 2.05) is 7.05 Å². The van der Waals surface area contributed by atoms with E-state index in [9.17, 15) is 4.21 Å². The van der Waals surface area contributed by atoms with Crippen molar-refractivity contribution in [1.82, 2.24) is 10.0 Å². The van der Waals surface area contributed by atoms with E-state index in [0.29, 0.717) is 6.61 Å². The van der Waals surface area contributed by atoms with Crippen molar-refractivity contribution in [2.45, 2.75) is 26.8 Å². The molecule has 0 bridgehead atoms. The van der Waals surface area contributed by atoms with Crippen LogP contribution in [-0.4, -0.2) is 31.0 Å². The molecule has 0 spiro atoms. The summed E-state index contributed by atoms with van der Waals surface area (Å²) in [4.78, 5) is 0. The summed E-state index contributed by atoms with van der Waals surface area (Å²) in [5.74, 6) is 0. The minimum Gasteiger partial charge on any atom is -0.314 e. The van der Waals surface area contributed by atoms with Crippen LogP contribution in [0.5, 0.6) is 0 Å². The molecule has 0 aliphatic heterocycles. The van der Waals surface area contributed by atoms with Gasteiger partial charge in [0.1, 0.15) is 0 Å². The SMILES string of the molecule is CN[C@H](COS(=O)NC)C(C)(C)C. The van der Waals surface area contributed by atoms with Gasteiger partial charge in [0, 0.05) is 6.04 Å². The smallest absolute Gasteiger partial charge is 0.234 e. The molecule has 0 aromatic heterocycles. The second-order valence-corrected chi connectivity index (χ2v) is 5.04. The molecule has 2 N–H and O–H groups in total. The maximum absolute atomic E-state index is 10.9. The number of hydrogen-bond acceptors (Lipinski definition) is 3. The van der Waals surface area contributed by atoms with Gasteiger partial charge in [-0.2, -0.15) is 0 Å². The van der Waals surface area contributed by atoms with E-state index in [2.05, 4.69) is 30.8 Å². The van der Waals surface area contributed by atoms with Crippen LogP contribution in [0.2, 0.25) is 0 Å². The summed E-state index contributed by atoms with van der Waals surface area (Å²) >= 11 is -1.37. The Hall–Kier alpha value is 0.0300. The van der Waals surface area contributed by atoms with Crippen LogP contribution in [0.3, 0.4) is 0 Å². The Kier molecular flexibility index (Phi) is 5.71. The molecule has 0 amide bonds. The van der Waals surface area contributed by atoms with E-state index in [1.165, 1.54) is 0 Å². The number of rotatable bonds is 5. The van der Waals surface area contributed by atoms with Gasteiger partial charge in [-0.3, -0.25) is 4.18 Å². The zero-order chi connectivity index (χ0) is 10.5. The van der Waals surface area contributed by atoms with Gasteiger partial charge in [-0.25, -0.2) is 8.93 Å². The van der Waals surface area contributed by atoms with Crippen molar-refractivity contribution >= 4 is 11.3 Å². The molecule has 80 valence electrons. The van der Waals surface area contributed by atoms with Crippen molar-refractivity contribution < 1.29 is 8.39 Å². The van der Waals surface area contributed by atoms with Gasteiger partial charge in [0.15, 0.2) is 0 Å². The summed E-state index contributed by atoms with van der Waals surface area (Å²) in [7, 11) is 3.48. The molecule has 0 radical (unpaired) electrons. The molecule has 0 aromatic rings. The van der Waals surface area contributed by atoms with Crippen LogP contribution in [0.25, 0.3) is 0 Å². The molecular weight excluding hydrogens is 188 g/mol. The Bertz CT molecular complexity index is 168. The lowest BCUT2D eigenvalue weighted by atomic mass is 9.87. The van der Waals surface area contributed by atoms with Crippen molar-refractivity contribution in [2.24, 2.45) is 5.41 Å². The maximum atomic E-state index is 10.9. The van der Waals surface area contributed by atoms with Crippen LogP contribution in [-0.2, 0) is 15.4 Å². The highest BCUT2D eigenvalue weighted by Crippen LogP contribution is 2.19. The lowest BCUT2D eigenvalue weighted by molar-refractivity contribution is 0.192. The number of likely N-dealkylation sites (N-methyl/N-ethyl adjacent to an activating group) is 1. The fraction of sp³-hybridized carbons (Fsp3) is 1.00. The molecule has 0 fully saturated rings. The third-order valence-corrected chi connectivity index (χ3v) is 2.59. The first-order valence-electron chi connectivity index (χ1n) is 4.31. The Morgan fingerprint density at radius 3 is 2.23 bits per heavy atom. The molecule has 0 rings (SSSR count). The molecule has 0 heterocycles. The Morgan fingerprint density at radius 1 is 1.38 bits per heavy atom. The van der Waals surface area contributed by atoms with Crippen LogP contribution in [0.1, 0.15) is 20.8 Å². The molecular formula is C8H20N2O2S. The largest absolute Gasteiger partial charge is 0.314 e. The van der Waals surface area contributed by atoms with Crippen molar-refractivity contribution in [1.29, 1.82) is 0 Å². The topological polar surface area (TPSA) is 50.4 Å². The summed E-state index contributed by atoms with van der Waals surface area (Å²) in [5, 5.41) is 3.13. The van der Waals surface area contributed by atoms with E-state index in [0.717, 1.165) is 0 Å².